The van der Waals surface area contributed by atoms with E-state index in [2.05, 4.69) is 29.2 Å². The lowest BCUT2D eigenvalue weighted by Gasteiger charge is -2.27. The van der Waals surface area contributed by atoms with E-state index in [1.54, 1.807) is 0 Å². The van der Waals surface area contributed by atoms with Crippen molar-refractivity contribution in [3.8, 4) is 0 Å². The third-order valence-corrected chi connectivity index (χ3v) is 5.37. The van der Waals surface area contributed by atoms with Gasteiger partial charge in [-0.25, -0.2) is 8.42 Å². The SMILES string of the molecule is Cc1ccc(CN(CCO)[C@@H]2CCS(=O)(=O)C2)cc1. The summed E-state index contributed by atoms with van der Waals surface area (Å²) in [4.78, 5) is 2.08. The summed E-state index contributed by atoms with van der Waals surface area (Å²) in [5.74, 6) is 0.492. The Bertz CT molecular complexity index is 510. The fourth-order valence-electron chi connectivity index (χ4n) is 2.51. The molecule has 4 nitrogen and oxygen atoms in total. The Hall–Kier alpha value is -0.910. The third-order valence-electron chi connectivity index (χ3n) is 3.62. The lowest BCUT2D eigenvalue weighted by Crippen LogP contribution is -2.37. The van der Waals surface area contributed by atoms with Gasteiger partial charge in [-0.05, 0) is 18.9 Å². The molecule has 0 spiro atoms. The number of aliphatic hydroxyl groups is 1. The van der Waals surface area contributed by atoms with Crippen LogP contribution in [0.1, 0.15) is 17.5 Å². The number of sulfone groups is 1. The quantitative estimate of drug-likeness (QED) is 0.875. The van der Waals surface area contributed by atoms with E-state index in [0.717, 1.165) is 5.56 Å². The second-order valence-corrected chi connectivity index (χ2v) is 7.47. The molecule has 1 N–H and O–H groups in total. The van der Waals surface area contributed by atoms with Crippen molar-refractivity contribution >= 4 is 9.84 Å². The van der Waals surface area contributed by atoms with Gasteiger partial charge in [0.15, 0.2) is 9.84 Å². The summed E-state index contributed by atoms with van der Waals surface area (Å²) >= 11 is 0. The number of hydrogen-bond acceptors (Lipinski definition) is 4. The topological polar surface area (TPSA) is 57.6 Å². The molecule has 1 atom stereocenters. The smallest absolute Gasteiger partial charge is 0.151 e. The van der Waals surface area contributed by atoms with Crippen molar-refractivity contribution in [2.75, 3.05) is 24.7 Å². The van der Waals surface area contributed by atoms with Gasteiger partial charge in [0.1, 0.15) is 0 Å². The second-order valence-electron chi connectivity index (χ2n) is 5.24. The van der Waals surface area contributed by atoms with Gasteiger partial charge in [-0.15, -0.1) is 0 Å². The summed E-state index contributed by atoms with van der Waals surface area (Å²) in [5.41, 5.74) is 2.37. The molecular weight excluding hydrogens is 262 g/mol. The molecular formula is C14H21NO3S. The predicted molar refractivity (Wildman–Crippen MR) is 75.7 cm³/mol. The second kappa shape index (κ2) is 6.03. The van der Waals surface area contributed by atoms with Crippen LogP contribution < -0.4 is 0 Å². The van der Waals surface area contributed by atoms with Crippen molar-refractivity contribution < 1.29 is 13.5 Å². The van der Waals surface area contributed by atoms with Crippen LogP contribution in [0.25, 0.3) is 0 Å². The first-order valence-electron chi connectivity index (χ1n) is 6.61. The van der Waals surface area contributed by atoms with Crippen LogP contribution in [0.4, 0.5) is 0 Å². The van der Waals surface area contributed by atoms with Gasteiger partial charge in [0.25, 0.3) is 0 Å². The fourth-order valence-corrected chi connectivity index (χ4v) is 4.27. The first-order chi connectivity index (χ1) is 9.00. The van der Waals surface area contributed by atoms with Crippen LogP contribution in [-0.4, -0.2) is 49.1 Å². The number of nitrogens with zero attached hydrogens (tertiary/aromatic N) is 1. The van der Waals surface area contributed by atoms with Gasteiger partial charge in [0, 0.05) is 19.1 Å². The van der Waals surface area contributed by atoms with Crippen molar-refractivity contribution in [2.24, 2.45) is 0 Å². The molecule has 106 valence electrons. The summed E-state index contributed by atoms with van der Waals surface area (Å²) in [6.07, 6.45) is 0.675. The van der Waals surface area contributed by atoms with E-state index < -0.39 is 9.84 Å². The molecule has 0 bridgehead atoms. The third kappa shape index (κ3) is 4.03. The molecule has 1 heterocycles. The molecule has 5 heteroatoms. The highest BCUT2D eigenvalue weighted by Gasteiger charge is 2.31. The number of rotatable bonds is 5. The molecule has 0 aliphatic carbocycles. The van der Waals surface area contributed by atoms with Crippen molar-refractivity contribution in [1.29, 1.82) is 0 Å². The van der Waals surface area contributed by atoms with Gasteiger partial charge >= 0.3 is 0 Å². The maximum absolute atomic E-state index is 11.6. The Morgan fingerprint density at radius 2 is 2.00 bits per heavy atom. The molecule has 1 fully saturated rings. The Morgan fingerprint density at radius 1 is 1.32 bits per heavy atom. The van der Waals surface area contributed by atoms with Crippen LogP contribution in [-0.2, 0) is 16.4 Å². The van der Waals surface area contributed by atoms with E-state index in [-0.39, 0.29) is 24.2 Å². The molecule has 0 aromatic heterocycles. The molecule has 1 aromatic rings. The zero-order chi connectivity index (χ0) is 13.9. The van der Waals surface area contributed by atoms with Crippen LogP contribution in [0, 0.1) is 6.92 Å². The largest absolute Gasteiger partial charge is 0.395 e. The highest BCUT2D eigenvalue weighted by Crippen LogP contribution is 2.19. The molecule has 19 heavy (non-hydrogen) atoms. The molecule has 0 saturated carbocycles. The molecule has 1 aliphatic heterocycles. The average Bonchev–Trinajstić information content (AvgIpc) is 2.72. The maximum Gasteiger partial charge on any atom is 0.151 e. The van der Waals surface area contributed by atoms with Gasteiger partial charge < -0.3 is 5.11 Å². The summed E-state index contributed by atoms with van der Waals surface area (Å²) in [6.45, 7) is 3.32. The Morgan fingerprint density at radius 3 is 2.53 bits per heavy atom. The van der Waals surface area contributed by atoms with E-state index in [4.69, 9.17) is 5.11 Å². The summed E-state index contributed by atoms with van der Waals surface area (Å²) < 4.78 is 23.1. The molecule has 0 amide bonds. The minimum atomic E-state index is -2.88. The summed E-state index contributed by atoms with van der Waals surface area (Å²) in [6, 6.07) is 8.26. The zero-order valence-corrected chi connectivity index (χ0v) is 12.1. The predicted octanol–water partition coefficient (Wildman–Crippen LogP) is 0.976. The lowest BCUT2D eigenvalue weighted by atomic mass is 10.1. The number of benzene rings is 1. The average molecular weight is 283 g/mol. The van der Waals surface area contributed by atoms with Crippen LogP contribution in [0.3, 0.4) is 0 Å². The first kappa shape index (κ1) is 14.5. The van der Waals surface area contributed by atoms with E-state index in [1.165, 1.54) is 5.56 Å². The highest BCUT2D eigenvalue weighted by atomic mass is 32.2. The summed E-state index contributed by atoms with van der Waals surface area (Å²) in [7, 11) is -2.88. The normalized spacial score (nSPS) is 21.9. The number of aliphatic hydroxyl groups excluding tert-OH is 1. The van der Waals surface area contributed by atoms with Gasteiger partial charge in [-0.1, -0.05) is 29.8 Å². The van der Waals surface area contributed by atoms with Gasteiger partial charge in [0.2, 0.25) is 0 Å². The summed E-state index contributed by atoms with van der Waals surface area (Å²) in [5, 5.41) is 9.16. The molecule has 1 aromatic carbocycles. The number of aryl methyl sites for hydroxylation is 1. The zero-order valence-electron chi connectivity index (χ0n) is 11.2. The van der Waals surface area contributed by atoms with E-state index in [1.807, 2.05) is 6.92 Å². The van der Waals surface area contributed by atoms with E-state index in [9.17, 15) is 8.42 Å². The standard InChI is InChI=1S/C14H21NO3S/c1-12-2-4-13(5-3-12)10-15(7-8-16)14-6-9-19(17,18)11-14/h2-5,14,16H,6-11H2,1H3/t14-/m1/s1. The molecule has 0 unspecified atom stereocenters. The first-order valence-corrected chi connectivity index (χ1v) is 8.43. The maximum atomic E-state index is 11.6. The van der Waals surface area contributed by atoms with Crippen molar-refractivity contribution in [1.82, 2.24) is 4.90 Å². The molecule has 2 rings (SSSR count). The Balaban J connectivity index is 2.06. The Kier molecular flexibility index (Phi) is 4.60. The molecule has 1 aliphatic rings. The fraction of sp³-hybridized carbons (Fsp3) is 0.571. The van der Waals surface area contributed by atoms with Crippen LogP contribution in [0.5, 0.6) is 0 Å². The number of hydrogen-bond donors (Lipinski definition) is 1. The minimum absolute atomic E-state index is 0.0402. The lowest BCUT2D eigenvalue weighted by molar-refractivity contribution is 0.153. The monoisotopic (exact) mass is 283 g/mol. The van der Waals surface area contributed by atoms with Crippen LogP contribution in [0.15, 0.2) is 24.3 Å². The van der Waals surface area contributed by atoms with Crippen molar-refractivity contribution in [3.05, 3.63) is 35.4 Å². The van der Waals surface area contributed by atoms with Crippen molar-refractivity contribution in [3.63, 3.8) is 0 Å². The van der Waals surface area contributed by atoms with E-state index in [0.29, 0.717) is 19.5 Å². The van der Waals surface area contributed by atoms with Gasteiger partial charge in [0.05, 0.1) is 18.1 Å². The van der Waals surface area contributed by atoms with E-state index >= 15 is 0 Å². The van der Waals surface area contributed by atoms with Gasteiger partial charge in [-0.2, -0.15) is 0 Å². The van der Waals surface area contributed by atoms with Crippen LogP contribution >= 0.6 is 0 Å². The Labute approximate surface area is 115 Å². The van der Waals surface area contributed by atoms with Crippen molar-refractivity contribution in [2.45, 2.75) is 25.9 Å². The van der Waals surface area contributed by atoms with Gasteiger partial charge in [-0.3, -0.25) is 4.90 Å². The van der Waals surface area contributed by atoms with Crippen LogP contribution in [0.2, 0.25) is 0 Å². The minimum Gasteiger partial charge on any atom is -0.395 e. The molecule has 0 radical (unpaired) electrons. The highest BCUT2D eigenvalue weighted by molar-refractivity contribution is 7.91. The molecule has 1 saturated heterocycles.